The first-order chi connectivity index (χ1) is 12.9. The topological polar surface area (TPSA) is 88.0 Å². The average Bonchev–Trinajstić information content (AvgIpc) is 3.23. The zero-order chi connectivity index (χ0) is 17.6. The zero-order valence-corrected chi connectivity index (χ0v) is 15.2. The second kappa shape index (κ2) is 8.39. The van der Waals surface area contributed by atoms with Gasteiger partial charge in [-0.15, -0.1) is 11.3 Å². The number of rotatable bonds is 5. The van der Waals surface area contributed by atoms with E-state index in [1.807, 2.05) is 17.5 Å². The van der Waals surface area contributed by atoms with Crippen molar-refractivity contribution in [3.8, 4) is 0 Å². The normalized spacial score (nSPS) is 18.5. The molecule has 1 N–H and O–H groups in total. The molecule has 0 atom stereocenters. The van der Waals surface area contributed by atoms with Gasteiger partial charge < -0.3 is 19.3 Å². The summed E-state index contributed by atoms with van der Waals surface area (Å²) in [6.07, 6.45) is 1.76. The molecule has 2 aliphatic heterocycles. The van der Waals surface area contributed by atoms with Crippen molar-refractivity contribution >= 4 is 35.4 Å². The molecule has 0 radical (unpaired) electrons. The van der Waals surface area contributed by atoms with E-state index in [-0.39, 0.29) is 0 Å². The second-order valence-corrected chi connectivity index (χ2v) is 6.82. The minimum Gasteiger partial charge on any atom is -0.378 e. The molecule has 4 rings (SSSR count). The molecule has 0 aromatic carbocycles. The first kappa shape index (κ1) is 17.1. The summed E-state index contributed by atoms with van der Waals surface area (Å²) in [6, 6.07) is 3.99. The van der Waals surface area contributed by atoms with E-state index < -0.39 is 0 Å². The zero-order valence-electron chi connectivity index (χ0n) is 14.4. The Hall–Kier alpha value is -2.30. The van der Waals surface area contributed by atoms with Gasteiger partial charge in [-0.25, -0.2) is 5.43 Å². The fourth-order valence-electron chi connectivity index (χ4n) is 2.73. The van der Waals surface area contributed by atoms with Crippen LogP contribution < -0.4 is 15.2 Å². The molecule has 0 bridgehead atoms. The van der Waals surface area contributed by atoms with Crippen LogP contribution in [0.25, 0.3) is 0 Å². The second-order valence-electron chi connectivity index (χ2n) is 5.84. The van der Waals surface area contributed by atoms with Crippen LogP contribution in [0.1, 0.15) is 4.88 Å². The maximum atomic E-state index is 5.43. The maximum Gasteiger partial charge on any atom is 0.250 e. The third-order valence-corrected chi connectivity index (χ3v) is 4.91. The third kappa shape index (κ3) is 4.26. The molecule has 0 aliphatic carbocycles. The minimum absolute atomic E-state index is 0.441. The minimum atomic E-state index is 0.441. The van der Waals surface area contributed by atoms with E-state index in [4.69, 9.17) is 9.47 Å². The third-order valence-electron chi connectivity index (χ3n) is 4.10. The lowest BCUT2D eigenvalue weighted by Gasteiger charge is -2.30. The Morgan fingerprint density at radius 2 is 1.58 bits per heavy atom. The smallest absolute Gasteiger partial charge is 0.250 e. The molecular formula is C16H21N7O2S. The number of morpholine rings is 2. The lowest BCUT2D eigenvalue weighted by Crippen LogP contribution is -2.40. The summed E-state index contributed by atoms with van der Waals surface area (Å²) in [6.45, 7) is 5.79. The van der Waals surface area contributed by atoms with E-state index in [0.29, 0.717) is 44.3 Å². The number of thiophene rings is 1. The van der Waals surface area contributed by atoms with Gasteiger partial charge in [-0.3, -0.25) is 0 Å². The van der Waals surface area contributed by atoms with Crippen LogP contribution in [0.5, 0.6) is 0 Å². The summed E-state index contributed by atoms with van der Waals surface area (Å²) in [5.74, 6) is 1.74. The first-order valence-electron chi connectivity index (χ1n) is 8.62. The molecule has 26 heavy (non-hydrogen) atoms. The monoisotopic (exact) mass is 375 g/mol. The molecular weight excluding hydrogens is 354 g/mol. The Bertz CT molecular complexity index is 692. The largest absolute Gasteiger partial charge is 0.378 e. The molecule has 0 unspecified atom stereocenters. The van der Waals surface area contributed by atoms with Gasteiger partial charge in [-0.05, 0) is 11.4 Å². The lowest BCUT2D eigenvalue weighted by molar-refractivity contribution is 0.121. The Balaban J connectivity index is 1.56. The van der Waals surface area contributed by atoms with Gasteiger partial charge in [0.2, 0.25) is 17.8 Å². The fraction of sp³-hybridized carbons (Fsp3) is 0.500. The van der Waals surface area contributed by atoms with Gasteiger partial charge in [-0.2, -0.15) is 20.1 Å². The SMILES string of the molecule is C(=N\Nc1nc(N2CCOCC2)nc(N2CCOCC2)n1)/c1cccs1. The summed E-state index contributed by atoms with van der Waals surface area (Å²) in [5.41, 5.74) is 2.94. The van der Waals surface area contributed by atoms with E-state index in [1.54, 1.807) is 17.6 Å². The molecule has 138 valence electrons. The van der Waals surface area contributed by atoms with Gasteiger partial charge in [0.1, 0.15) is 0 Å². The van der Waals surface area contributed by atoms with E-state index >= 15 is 0 Å². The Morgan fingerprint density at radius 1 is 0.962 bits per heavy atom. The molecule has 2 aliphatic rings. The molecule has 2 saturated heterocycles. The van der Waals surface area contributed by atoms with Crippen LogP contribution >= 0.6 is 11.3 Å². The number of nitrogens with zero attached hydrogens (tertiary/aromatic N) is 6. The molecule has 4 heterocycles. The number of hydrogen-bond acceptors (Lipinski definition) is 10. The van der Waals surface area contributed by atoms with Gasteiger partial charge in [-0.1, -0.05) is 6.07 Å². The Morgan fingerprint density at radius 3 is 2.12 bits per heavy atom. The first-order valence-corrected chi connectivity index (χ1v) is 9.50. The van der Waals surface area contributed by atoms with Crippen molar-refractivity contribution in [1.29, 1.82) is 0 Å². The van der Waals surface area contributed by atoms with Crippen LogP contribution in [-0.2, 0) is 9.47 Å². The van der Waals surface area contributed by atoms with E-state index in [1.165, 1.54) is 0 Å². The molecule has 10 heteroatoms. The van der Waals surface area contributed by atoms with Crippen molar-refractivity contribution in [2.45, 2.75) is 0 Å². The van der Waals surface area contributed by atoms with Gasteiger partial charge in [0.05, 0.1) is 32.6 Å². The highest BCUT2D eigenvalue weighted by Gasteiger charge is 2.20. The molecule has 2 fully saturated rings. The van der Waals surface area contributed by atoms with Crippen molar-refractivity contribution < 1.29 is 9.47 Å². The van der Waals surface area contributed by atoms with E-state index in [2.05, 4.69) is 35.3 Å². The number of hydrogen-bond donors (Lipinski definition) is 1. The number of ether oxygens (including phenoxy) is 2. The van der Waals surface area contributed by atoms with Gasteiger partial charge in [0.25, 0.3) is 0 Å². The summed E-state index contributed by atoms with van der Waals surface area (Å²) in [5, 5.41) is 6.26. The van der Waals surface area contributed by atoms with Crippen LogP contribution in [0.15, 0.2) is 22.6 Å². The highest BCUT2D eigenvalue weighted by atomic mass is 32.1. The maximum absolute atomic E-state index is 5.43. The fourth-order valence-corrected chi connectivity index (χ4v) is 3.32. The quantitative estimate of drug-likeness (QED) is 0.613. The van der Waals surface area contributed by atoms with Crippen molar-refractivity contribution in [2.24, 2.45) is 5.10 Å². The molecule has 0 amide bonds. The summed E-state index contributed by atoms with van der Waals surface area (Å²) < 4.78 is 10.9. The van der Waals surface area contributed by atoms with Crippen LogP contribution in [0, 0.1) is 0 Å². The van der Waals surface area contributed by atoms with Crippen molar-refractivity contribution in [1.82, 2.24) is 15.0 Å². The predicted molar refractivity (Wildman–Crippen MR) is 101 cm³/mol. The van der Waals surface area contributed by atoms with Crippen molar-refractivity contribution in [3.05, 3.63) is 22.4 Å². The molecule has 2 aromatic rings. The van der Waals surface area contributed by atoms with Gasteiger partial charge >= 0.3 is 0 Å². The number of nitrogens with one attached hydrogen (secondary N) is 1. The molecule has 2 aromatic heterocycles. The average molecular weight is 375 g/mol. The van der Waals surface area contributed by atoms with Crippen LogP contribution in [0.2, 0.25) is 0 Å². The molecule has 0 spiro atoms. The van der Waals surface area contributed by atoms with Crippen LogP contribution in [-0.4, -0.2) is 73.8 Å². The van der Waals surface area contributed by atoms with E-state index in [0.717, 1.165) is 31.1 Å². The lowest BCUT2D eigenvalue weighted by atomic mass is 10.4. The summed E-state index contributed by atoms with van der Waals surface area (Å²) in [7, 11) is 0. The van der Waals surface area contributed by atoms with Gasteiger partial charge in [0, 0.05) is 31.1 Å². The molecule has 0 saturated carbocycles. The van der Waals surface area contributed by atoms with Crippen LogP contribution in [0.3, 0.4) is 0 Å². The molecule has 9 nitrogen and oxygen atoms in total. The van der Waals surface area contributed by atoms with Gasteiger partial charge in [0.15, 0.2) is 0 Å². The highest BCUT2D eigenvalue weighted by Crippen LogP contribution is 2.18. The van der Waals surface area contributed by atoms with Crippen LogP contribution in [0.4, 0.5) is 17.8 Å². The summed E-state index contributed by atoms with van der Waals surface area (Å²) in [4.78, 5) is 19.0. The number of hydrazone groups is 1. The Labute approximate surface area is 155 Å². The van der Waals surface area contributed by atoms with E-state index in [9.17, 15) is 0 Å². The number of anilines is 3. The standard InChI is InChI=1S/C16H21N7O2S/c1-2-13(26-11-1)12-17-21-14-18-15(22-3-7-24-8-4-22)20-16(19-14)23-5-9-25-10-6-23/h1-2,11-12H,3-10H2,(H,18,19,20,21)/b17-12+. The van der Waals surface area contributed by atoms with Crippen molar-refractivity contribution in [2.75, 3.05) is 67.8 Å². The predicted octanol–water partition coefficient (Wildman–Crippen LogP) is 1.05. The summed E-state index contributed by atoms with van der Waals surface area (Å²) >= 11 is 1.62. The number of aromatic nitrogens is 3. The van der Waals surface area contributed by atoms with Crippen molar-refractivity contribution in [3.63, 3.8) is 0 Å². The highest BCUT2D eigenvalue weighted by molar-refractivity contribution is 7.11. The Kier molecular flexibility index (Phi) is 5.53.